The molecule has 0 aliphatic rings. The molecule has 0 fully saturated rings. The van der Waals surface area contributed by atoms with E-state index in [1.54, 1.807) is 0 Å². The SMILES string of the molecule is CN(CCc1ccncc1)CC(N)C(C)(C)C. The molecule has 0 aliphatic carbocycles. The molecule has 0 amide bonds. The summed E-state index contributed by atoms with van der Waals surface area (Å²) in [5, 5.41) is 0. The van der Waals surface area contributed by atoms with Crippen LogP contribution in [0.15, 0.2) is 24.5 Å². The van der Waals surface area contributed by atoms with Gasteiger partial charge in [0, 0.05) is 31.5 Å². The minimum atomic E-state index is 0.172. The first-order chi connectivity index (χ1) is 7.89. The molecule has 0 radical (unpaired) electrons. The zero-order valence-electron chi connectivity index (χ0n) is 11.5. The highest BCUT2D eigenvalue weighted by Gasteiger charge is 2.21. The summed E-state index contributed by atoms with van der Waals surface area (Å²) >= 11 is 0. The van der Waals surface area contributed by atoms with Crippen molar-refractivity contribution < 1.29 is 0 Å². The van der Waals surface area contributed by atoms with Gasteiger partial charge in [-0.2, -0.15) is 0 Å². The summed E-state index contributed by atoms with van der Waals surface area (Å²) in [7, 11) is 2.13. The summed E-state index contributed by atoms with van der Waals surface area (Å²) in [5.74, 6) is 0. The minimum Gasteiger partial charge on any atom is -0.326 e. The maximum atomic E-state index is 6.17. The highest BCUT2D eigenvalue weighted by Crippen LogP contribution is 2.17. The van der Waals surface area contributed by atoms with E-state index >= 15 is 0 Å². The second-order valence-corrected chi connectivity index (χ2v) is 5.84. The predicted molar refractivity (Wildman–Crippen MR) is 72.9 cm³/mol. The smallest absolute Gasteiger partial charge is 0.0270 e. The van der Waals surface area contributed by atoms with Gasteiger partial charge in [-0.25, -0.2) is 0 Å². The van der Waals surface area contributed by atoms with E-state index in [9.17, 15) is 0 Å². The fraction of sp³-hybridized carbons (Fsp3) is 0.643. The topological polar surface area (TPSA) is 42.2 Å². The van der Waals surface area contributed by atoms with Crippen molar-refractivity contribution in [1.29, 1.82) is 0 Å². The van der Waals surface area contributed by atoms with E-state index in [0.29, 0.717) is 0 Å². The molecule has 0 bridgehead atoms. The molecule has 1 atom stereocenters. The van der Waals surface area contributed by atoms with Crippen molar-refractivity contribution in [2.24, 2.45) is 11.1 Å². The Kier molecular flexibility index (Phi) is 5.09. The van der Waals surface area contributed by atoms with E-state index < -0.39 is 0 Å². The number of nitrogens with two attached hydrogens (primary N) is 1. The van der Waals surface area contributed by atoms with Crippen LogP contribution in [0.4, 0.5) is 0 Å². The van der Waals surface area contributed by atoms with Crippen LogP contribution in [-0.4, -0.2) is 36.1 Å². The van der Waals surface area contributed by atoms with Crippen molar-refractivity contribution >= 4 is 0 Å². The van der Waals surface area contributed by atoms with Crippen LogP contribution in [0.3, 0.4) is 0 Å². The molecular formula is C14H25N3. The van der Waals surface area contributed by atoms with E-state index in [1.807, 2.05) is 12.4 Å². The van der Waals surface area contributed by atoms with Gasteiger partial charge in [-0.3, -0.25) is 4.98 Å². The van der Waals surface area contributed by atoms with Crippen molar-refractivity contribution in [1.82, 2.24) is 9.88 Å². The Morgan fingerprint density at radius 3 is 2.41 bits per heavy atom. The quantitative estimate of drug-likeness (QED) is 0.848. The number of hydrogen-bond donors (Lipinski definition) is 1. The molecule has 1 aromatic heterocycles. The molecule has 2 N–H and O–H groups in total. The van der Waals surface area contributed by atoms with Gasteiger partial charge in [0.15, 0.2) is 0 Å². The Morgan fingerprint density at radius 1 is 1.29 bits per heavy atom. The Hall–Kier alpha value is -0.930. The van der Waals surface area contributed by atoms with Crippen LogP contribution >= 0.6 is 0 Å². The average molecular weight is 235 g/mol. The second kappa shape index (κ2) is 6.12. The Morgan fingerprint density at radius 2 is 1.88 bits per heavy atom. The van der Waals surface area contributed by atoms with Crippen LogP contribution in [0.25, 0.3) is 0 Å². The molecule has 0 aliphatic heterocycles. The van der Waals surface area contributed by atoms with Crippen LogP contribution in [0.5, 0.6) is 0 Å². The lowest BCUT2D eigenvalue weighted by molar-refractivity contribution is 0.228. The molecule has 17 heavy (non-hydrogen) atoms. The Labute approximate surface area is 105 Å². The van der Waals surface area contributed by atoms with Gasteiger partial charge in [-0.15, -0.1) is 0 Å². The first kappa shape index (κ1) is 14.1. The van der Waals surface area contributed by atoms with Crippen LogP contribution in [-0.2, 0) is 6.42 Å². The highest BCUT2D eigenvalue weighted by atomic mass is 15.1. The van der Waals surface area contributed by atoms with Gasteiger partial charge in [0.1, 0.15) is 0 Å². The van der Waals surface area contributed by atoms with Crippen molar-refractivity contribution in [3.63, 3.8) is 0 Å². The highest BCUT2D eigenvalue weighted by molar-refractivity contribution is 5.09. The molecule has 0 spiro atoms. The zero-order chi connectivity index (χ0) is 12.9. The number of rotatable bonds is 5. The third-order valence-corrected chi connectivity index (χ3v) is 3.15. The first-order valence-electron chi connectivity index (χ1n) is 6.22. The molecule has 3 nitrogen and oxygen atoms in total. The number of likely N-dealkylation sites (N-methyl/N-ethyl adjacent to an activating group) is 1. The van der Waals surface area contributed by atoms with E-state index in [-0.39, 0.29) is 11.5 Å². The molecule has 1 unspecified atom stereocenters. The van der Waals surface area contributed by atoms with Crippen molar-refractivity contribution in [2.75, 3.05) is 20.1 Å². The second-order valence-electron chi connectivity index (χ2n) is 5.84. The van der Waals surface area contributed by atoms with Crippen molar-refractivity contribution in [2.45, 2.75) is 33.2 Å². The minimum absolute atomic E-state index is 0.172. The number of hydrogen-bond acceptors (Lipinski definition) is 3. The molecule has 0 saturated carbocycles. The summed E-state index contributed by atoms with van der Waals surface area (Å²) in [6.45, 7) is 8.54. The summed E-state index contributed by atoms with van der Waals surface area (Å²) < 4.78 is 0. The van der Waals surface area contributed by atoms with Crippen LogP contribution in [0.1, 0.15) is 26.3 Å². The van der Waals surface area contributed by atoms with Gasteiger partial charge in [-0.05, 0) is 36.6 Å². The number of nitrogens with zero attached hydrogens (tertiary/aromatic N) is 2. The lowest BCUT2D eigenvalue weighted by Gasteiger charge is -2.31. The molecule has 1 rings (SSSR count). The van der Waals surface area contributed by atoms with E-state index in [1.165, 1.54) is 5.56 Å². The Balaban J connectivity index is 2.33. The fourth-order valence-electron chi connectivity index (χ4n) is 1.57. The van der Waals surface area contributed by atoms with Crippen LogP contribution in [0.2, 0.25) is 0 Å². The van der Waals surface area contributed by atoms with Gasteiger partial charge in [0.25, 0.3) is 0 Å². The normalized spacial score (nSPS) is 14.0. The van der Waals surface area contributed by atoms with Crippen molar-refractivity contribution in [3.8, 4) is 0 Å². The van der Waals surface area contributed by atoms with E-state index in [0.717, 1.165) is 19.5 Å². The lowest BCUT2D eigenvalue weighted by atomic mass is 9.87. The average Bonchev–Trinajstić information content (AvgIpc) is 2.26. The van der Waals surface area contributed by atoms with Crippen LogP contribution in [0, 0.1) is 5.41 Å². The molecule has 1 heterocycles. The lowest BCUT2D eigenvalue weighted by Crippen LogP contribution is -2.44. The van der Waals surface area contributed by atoms with Gasteiger partial charge in [-0.1, -0.05) is 20.8 Å². The molecule has 0 aromatic carbocycles. The van der Waals surface area contributed by atoms with Crippen molar-refractivity contribution in [3.05, 3.63) is 30.1 Å². The van der Waals surface area contributed by atoms with Gasteiger partial charge < -0.3 is 10.6 Å². The standard InChI is InChI=1S/C14H25N3/c1-14(2,3)13(15)11-17(4)10-7-12-5-8-16-9-6-12/h5-6,8-9,13H,7,10-11,15H2,1-4H3. The third-order valence-electron chi connectivity index (χ3n) is 3.15. The van der Waals surface area contributed by atoms with E-state index in [2.05, 4.69) is 49.8 Å². The summed E-state index contributed by atoms with van der Waals surface area (Å²) in [5.41, 5.74) is 7.67. The van der Waals surface area contributed by atoms with Crippen LogP contribution < -0.4 is 5.73 Å². The molecule has 96 valence electrons. The summed E-state index contributed by atoms with van der Waals surface area (Å²) in [6.07, 6.45) is 4.74. The number of aromatic nitrogens is 1. The summed E-state index contributed by atoms with van der Waals surface area (Å²) in [4.78, 5) is 6.32. The molecule has 0 saturated heterocycles. The Bertz CT molecular complexity index is 316. The van der Waals surface area contributed by atoms with Gasteiger partial charge in [0.2, 0.25) is 0 Å². The van der Waals surface area contributed by atoms with Gasteiger partial charge >= 0.3 is 0 Å². The molecule has 3 heteroatoms. The fourth-order valence-corrected chi connectivity index (χ4v) is 1.57. The predicted octanol–water partition coefficient (Wildman–Crippen LogP) is 1.93. The first-order valence-corrected chi connectivity index (χ1v) is 6.22. The molecular weight excluding hydrogens is 210 g/mol. The largest absolute Gasteiger partial charge is 0.326 e. The maximum absolute atomic E-state index is 6.17. The summed E-state index contributed by atoms with van der Waals surface area (Å²) in [6, 6.07) is 4.35. The third kappa shape index (κ3) is 5.29. The zero-order valence-corrected chi connectivity index (χ0v) is 11.5. The molecule has 1 aromatic rings. The van der Waals surface area contributed by atoms with Gasteiger partial charge in [0.05, 0.1) is 0 Å². The van der Waals surface area contributed by atoms with E-state index in [4.69, 9.17) is 5.73 Å². The number of pyridine rings is 1. The monoisotopic (exact) mass is 235 g/mol. The maximum Gasteiger partial charge on any atom is 0.0270 e.